The molecule has 0 aliphatic rings. The van der Waals surface area contributed by atoms with Crippen LogP contribution in [0.25, 0.3) is 0 Å². The molecule has 110 valence electrons. The second-order valence-electron chi connectivity index (χ2n) is 4.83. The van der Waals surface area contributed by atoms with E-state index in [1.54, 1.807) is 36.5 Å². The van der Waals surface area contributed by atoms with Crippen LogP contribution in [0.15, 0.2) is 36.5 Å². The number of nitrogens with one attached hydrogen (secondary N) is 2. The van der Waals surface area contributed by atoms with Gasteiger partial charge in [0.1, 0.15) is 5.82 Å². The van der Waals surface area contributed by atoms with Crippen molar-refractivity contribution in [1.82, 2.24) is 4.98 Å². The summed E-state index contributed by atoms with van der Waals surface area (Å²) in [6.07, 6.45) is 1.59. The summed E-state index contributed by atoms with van der Waals surface area (Å²) < 4.78 is 0. The number of rotatable bonds is 4. The Labute approximate surface area is 133 Å². The Balaban J connectivity index is 2.07. The van der Waals surface area contributed by atoms with Crippen molar-refractivity contribution in [2.45, 2.75) is 13.8 Å². The Morgan fingerprint density at radius 1 is 1.19 bits per heavy atom. The minimum Gasteiger partial charge on any atom is -0.339 e. The van der Waals surface area contributed by atoms with Crippen molar-refractivity contribution in [3.05, 3.63) is 46.6 Å². The molecule has 6 heteroatoms. The number of carbonyl (C=O) groups excluding carboxylic acids is 1. The highest BCUT2D eigenvalue weighted by atomic mass is 35.5. The second kappa shape index (κ2) is 6.78. The number of hydrogen-bond acceptors (Lipinski definition) is 3. The molecule has 21 heavy (non-hydrogen) atoms. The molecular weight excluding hydrogens is 309 g/mol. The fourth-order valence-corrected chi connectivity index (χ4v) is 2.01. The number of halogens is 2. The van der Waals surface area contributed by atoms with Crippen LogP contribution in [0.4, 0.5) is 17.2 Å². The van der Waals surface area contributed by atoms with Crippen LogP contribution in [-0.2, 0) is 4.79 Å². The molecule has 0 atom stereocenters. The number of nitrogens with zero attached hydrogens (tertiary/aromatic N) is 1. The molecule has 2 aromatic rings. The van der Waals surface area contributed by atoms with Crippen LogP contribution in [-0.4, -0.2) is 10.9 Å². The Morgan fingerprint density at radius 2 is 1.95 bits per heavy atom. The van der Waals surface area contributed by atoms with Crippen molar-refractivity contribution >= 4 is 46.3 Å². The smallest absolute Gasteiger partial charge is 0.226 e. The van der Waals surface area contributed by atoms with Gasteiger partial charge in [0.15, 0.2) is 0 Å². The van der Waals surface area contributed by atoms with Gasteiger partial charge in [0, 0.05) is 10.9 Å². The molecule has 1 aromatic carbocycles. The molecule has 0 saturated heterocycles. The van der Waals surface area contributed by atoms with Gasteiger partial charge in [-0.1, -0.05) is 37.0 Å². The third-order valence-electron chi connectivity index (χ3n) is 2.75. The van der Waals surface area contributed by atoms with Crippen molar-refractivity contribution in [1.29, 1.82) is 0 Å². The average Bonchev–Trinajstić information content (AvgIpc) is 2.43. The van der Waals surface area contributed by atoms with E-state index in [-0.39, 0.29) is 11.8 Å². The van der Waals surface area contributed by atoms with Crippen molar-refractivity contribution in [2.24, 2.45) is 5.92 Å². The summed E-state index contributed by atoms with van der Waals surface area (Å²) in [6.45, 7) is 3.67. The molecule has 2 N–H and O–H groups in total. The molecule has 0 radical (unpaired) electrons. The lowest BCUT2D eigenvalue weighted by atomic mass is 10.2. The van der Waals surface area contributed by atoms with Gasteiger partial charge in [0.05, 0.1) is 22.6 Å². The van der Waals surface area contributed by atoms with E-state index < -0.39 is 0 Å². The molecule has 1 amide bonds. The lowest BCUT2D eigenvalue weighted by Crippen LogP contribution is -2.17. The van der Waals surface area contributed by atoms with E-state index in [0.717, 1.165) is 0 Å². The zero-order valence-electron chi connectivity index (χ0n) is 11.7. The summed E-state index contributed by atoms with van der Waals surface area (Å²) in [5, 5.41) is 6.96. The fraction of sp³-hybridized carbons (Fsp3) is 0.200. The molecule has 4 nitrogen and oxygen atoms in total. The maximum atomic E-state index is 11.6. The summed E-state index contributed by atoms with van der Waals surface area (Å²) in [6, 6.07) is 8.72. The number of aromatic nitrogens is 1. The molecule has 0 aliphatic heterocycles. The zero-order chi connectivity index (χ0) is 15.4. The highest BCUT2D eigenvalue weighted by Gasteiger charge is 2.07. The number of hydrogen-bond donors (Lipinski definition) is 2. The normalized spacial score (nSPS) is 10.5. The van der Waals surface area contributed by atoms with Crippen molar-refractivity contribution < 1.29 is 4.79 Å². The van der Waals surface area contributed by atoms with E-state index in [4.69, 9.17) is 23.2 Å². The maximum absolute atomic E-state index is 11.6. The fourth-order valence-electron chi connectivity index (χ4n) is 1.56. The highest BCUT2D eigenvalue weighted by Crippen LogP contribution is 2.27. The molecule has 0 aliphatic carbocycles. The van der Waals surface area contributed by atoms with Crippen LogP contribution in [0, 0.1) is 5.92 Å². The molecule has 1 heterocycles. The van der Waals surface area contributed by atoms with Crippen LogP contribution in [0.1, 0.15) is 13.8 Å². The summed E-state index contributed by atoms with van der Waals surface area (Å²) in [7, 11) is 0. The maximum Gasteiger partial charge on any atom is 0.226 e. The predicted molar refractivity (Wildman–Crippen MR) is 87.4 cm³/mol. The number of anilines is 3. The van der Waals surface area contributed by atoms with Gasteiger partial charge in [-0.15, -0.1) is 0 Å². The van der Waals surface area contributed by atoms with Gasteiger partial charge in [-0.2, -0.15) is 0 Å². The summed E-state index contributed by atoms with van der Waals surface area (Å²) in [4.78, 5) is 15.8. The Morgan fingerprint density at radius 3 is 2.52 bits per heavy atom. The first-order valence-corrected chi connectivity index (χ1v) is 7.20. The molecule has 0 spiro atoms. The number of benzene rings is 1. The SMILES string of the molecule is CC(C)C(=O)Nc1ccc(Nc2ccc(Cl)cc2Cl)nc1. The quantitative estimate of drug-likeness (QED) is 0.855. The molecule has 1 aromatic heterocycles. The Bertz CT molecular complexity index is 642. The predicted octanol–water partition coefficient (Wildman–Crippen LogP) is 4.73. The van der Waals surface area contributed by atoms with Crippen LogP contribution in [0.5, 0.6) is 0 Å². The molecule has 0 bridgehead atoms. The first kappa shape index (κ1) is 15.6. The number of amides is 1. The van der Waals surface area contributed by atoms with E-state index in [9.17, 15) is 4.79 Å². The van der Waals surface area contributed by atoms with Crippen molar-refractivity contribution in [3.63, 3.8) is 0 Å². The molecule has 2 rings (SSSR count). The molecule has 0 fully saturated rings. The monoisotopic (exact) mass is 323 g/mol. The van der Waals surface area contributed by atoms with Crippen LogP contribution < -0.4 is 10.6 Å². The summed E-state index contributed by atoms with van der Waals surface area (Å²) in [5.74, 6) is 0.510. The van der Waals surface area contributed by atoms with Crippen LogP contribution >= 0.6 is 23.2 Å². The van der Waals surface area contributed by atoms with Crippen LogP contribution in [0.3, 0.4) is 0 Å². The molecule has 0 unspecified atom stereocenters. The van der Waals surface area contributed by atoms with E-state index in [1.165, 1.54) is 0 Å². The van der Waals surface area contributed by atoms with Gasteiger partial charge in [-0.05, 0) is 30.3 Å². The minimum absolute atomic E-state index is 0.0433. The van der Waals surface area contributed by atoms with Gasteiger partial charge in [0.25, 0.3) is 0 Å². The number of pyridine rings is 1. The first-order valence-electron chi connectivity index (χ1n) is 6.44. The third kappa shape index (κ3) is 4.34. The Kier molecular flexibility index (Phi) is 5.04. The van der Waals surface area contributed by atoms with Crippen LogP contribution in [0.2, 0.25) is 10.0 Å². The standard InChI is InChI=1S/C15H15Cl2N3O/c1-9(2)15(21)19-11-4-6-14(18-8-11)20-13-5-3-10(16)7-12(13)17/h3-9H,1-2H3,(H,18,20)(H,19,21). The minimum atomic E-state index is -0.0734. The van der Waals surface area contributed by atoms with E-state index in [2.05, 4.69) is 15.6 Å². The molecule has 0 saturated carbocycles. The molecular formula is C15H15Cl2N3O. The van der Waals surface area contributed by atoms with Gasteiger partial charge in [-0.25, -0.2) is 4.98 Å². The second-order valence-corrected chi connectivity index (χ2v) is 5.67. The van der Waals surface area contributed by atoms with Crippen molar-refractivity contribution in [2.75, 3.05) is 10.6 Å². The van der Waals surface area contributed by atoms with Gasteiger partial charge >= 0.3 is 0 Å². The van der Waals surface area contributed by atoms with Gasteiger partial charge in [-0.3, -0.25) is 4.79 Å². The van der Waals surface area contributed by atoms with E-state index in [0.29, 0.717) is 27.2 Å². The zero-order valence-corrected chi connectivity index (χ0v) is 13.2. The van der Waals surface area contributed by atoms with Gasteiger partial charge < -0.3 is 10.6 Å². The van der Waals surface area contributed by atoms with Gasteiger partial charge in [0.2, 0.25) is 5.91 Å². The highest BCUT2D eigenvalue weighted by molar-refractivity contribution is 6.36. The van der Waals surface area contributed by atoms with E-state index >= 15 is 0 Å². The largest absolute Gasteiger partial charge is 0.339 e. The average molecular weight is 324 g/mol. The summed E-state index contributed by atoms with van der Waals surface area (Å²) >= 11 is 11.9. The third-order valence-corrected chi connectivity index (χ3v) is 3.30. The first-order chi connectivity index (χ1) is 9.95. The van der Waals surface area contributed by atoms with E-state index in [1.807, 2.05) is 13.8 Å². The van der Waals surface area contributed by atoms with Crippen molar-refractivity contribution in [3.8, 4) is 0 Å². The number of carbonyl (C=O) groups is 1. The lowest BCUT2D eigenvalue weighted by Gasteiger charge is -2.10. The summed E-state index contributed by atoms with van der Waals surface area (Å²) in [5.41, 5.74) is 1.37. The Hall–Kier alpha value is -1.78. The topological polar surface area (TPSA) is 54.0 Å². The lowest BCUT2D eigenvalue weighted by molar-refractivity contribution is -0.118.